The number of rotatable bonds is 24. The molecule has 0 spiro atoms. The molecule has 0 aliphatic carbocycles. The second-order valence-corrected chi connectivity index (χ2v) is 9.45. The topological polar surface area (TPSA) is 69.6 Å². The number of hydrogen-bond acceptors (Lipinski definition) is 3. The highest BCUT2D eigenvalue weighted by atomic mass is 16.3. The van der Waals surface area contributed by atoms with E-state index in [0.29, 0.717) is 6.42 Å². The van der Waals surface area contributed by atoms with E-state index < -0.39 is 12.1 Å². The molecule has 0 bridgehead atoms. The number of aliphatic hydroxyl groups is 2. The Morgan fingerprint density at radius 3 is 1.71 bits per heavy atom. The van der Waals surface area contributed by atoms with Crippen LogP contribution in [0.15, 0.2) is 36.5 Å². The number of carbonyl (C=O) groups is 1. The first-order valence-electron chi connectivity index (χ1n) is 14.2. The second-order valence-electron chi connectivity index (χ2n) is 9.45. The van der Waals surface area contributed by atoms with E-state index in [1.54, 1.807) is 6.08 Å². The van der Waals surface area contributed by atoms with Gasteiger partial charge >= 0.3 is 0 Å². The van der Waals surface area contributed by atoms with Crippen molar-refractivity contribution in [3.8, 4) is 0 Å². The van der Waals surface area contributed by atoms with Gasteiger partial charge in [-0.05, 0) is 44.9 Å². The van der Waals surface area contributed by atoms with Crippen LogP contribution in [0.2, 0.25) is 0 Å². The molecule has 1 amide bonds. The third-order valence-electron chi connectivity index (χ3n) is 6.10. The molecule has 0 saturated carbocycles. The van der Waals surface area contributed by atoms with Gasteiger partial charge in [0.1, 0.15) is 0 Å². The summed E-state index contributed by atoms with van der Waals surface area (Å²) in [6.45, 7) is 4.20. The van der Waals surface area contributed by atoms with Gasteiger partial charge in [0.25, 0.3) is 0 Å². The average Bonchev–Trinajstić information content (AvgIpc) is 2.84. The van der Waals surface area contributed by atoms with Crippen LogP contribution in [0.4, 0.5) is 0 Å². The maximum atomic E-state index is 12.1. The standard InChI is InChI=1S/C30H55NO3/c1-3-5-7-9-11-13-14-15-16-18-19-21-23-25-29(33)28(27-32)31-30(34)26-24-22-20-17-12-10-8-6-4-2/h11,13,16,18,23,25,28-29,32-33H,3-10,12,14-15,17,19-22,24,26-27H2,1-2H3,(H,31,34)/b13-11+,18-16+,25-23+. The number of carbonyl (C=O) groups excluding carboxylic acids is 1. The molecule has 2 atom stereocenters. The van der Waals surface area contributed by atoms with Crippen LogP contribution in [0.3, 0.4) is 0 Å². The molecule has 0 rings (SSSR count). The number of allylic oxidation sites excluding steroid dienone is 5. The van der Waals surface area contributed by atoms with Crippen molar-refractivity contribution < 1.29 is 15.0 Å². The molecule has 0 saturated heterocycles. The van der Waals surface area contributed by atoms with Gasteiger partial charge in [0.15, 0.2) is 0 Å². The van der Waals surface area contributed by atoms with Gasteiger partial charge in [-0.3, -0.25) is 4.79 Å². The van der Waals surface area contributed by atoms with E-state index in [1.165, 1.54) is 70.6 Å². The van der Waals surface area contributed by atoms with Crippen LogP contribution in [0.1, 0.15) is 129 Å². The SMILES string of the molecule is CCCCC/C=C/CC/C=C/CC/C=C/C(O)C(CO)NC(=O)CCCCCCCCCCC. The Morgan fingerprint density at radius 2 is 1.15 bits per heavy atom. The average molecular weight is 478 g/mol. The molecule has 34 heavy (non-hydrogen) atoms. The van der Waals surface area contributed by atoms with Gasteiger partial charge in [0.2, 0.25) is 5.91 Å². The second kappa shape index (κ2) is 26.2. The molecule has 2 unspecified atom stereocenters. The smallest absolute Gasteiger partial charge is 0.220 e. The molecule has 4 nitrogen and oxygen atoms in total. The van der Waals surface area contributed by atoms with Crippen molar-refractivity contribution in [1.29, 1.82) is 0 Å². The quantitative estimate of drug-likeness (QED) is 0.0992. The molecular formula is C30H55NO3. The zero-order chi connectivity index (χ0) is 25.1. The van der Waals surface area contributed by atoms with Gasteiger partial charge in [-0.25, -0.2) is 0 Å². The molecular weight excluding hydrogens is 422 g/mol. The van der Waals surface area contributed by atoms with E-state index in [1.807, 2.05) is 6.08 Å². The van der Waals surface area contributed by atoms with Crippen molar-refractivity contribution >= 4 is 5.91 Å². The fraction of sp³-hybridized carbons (Fsp3) is 0.767. The predicted octanol–water partition coefficient (Wildman–Crippen LogP) is 7.55. The molecule has 3 N–H and O–H groups in total. The molecule has 0 aromatic rings. The van der Waals surface area contributed by atoms with Crippen molar-refractivity contribution in [2.24, 2.45) is 0 Å². The lowest BCUT2D eigenvalue weighted by molar-refractivity contribution is -0.123. The molecule has 0 aliphatic heterocycles. The highest BCUT2D eigenvalue weighted by molar-refractivity contribution is 5.76. The van der Waals surface area contributed by atoms with Crippen molar-refractivity contribution in [3.05, 3.63) is 36.5 Å². The van der Waals surface area contributed by atoms with E-state index >= 15 is 0 Å². The third kappa shape index (κ3) is 22.4. The Bertz CT molecular complexity index is 527. The maximum Gasteiger partial charge on any atom is 0.220 e. The Labute approximate surface area is 211 Å². The first-order chi connectivity index (χ1) is 16.7. The molecule has 0 radical (unpaired) electrons. The Kier molecular flexibility index (Phi) is 25.1. The summed E-state index contributed by atoms with van der Waals surface area (Å²) < 4.78 is 0. The zero-order valence-corrected chi connectivity index (χ0v) is 22.4. The van der Waals surface area contributed by atoms with Crippen LogP contribution in [0, 0.1) is 0 Å². The monoisotopic (exact) mass is 477 g/mol. The van der Waals surface area contributed by atoms with Crippen molar-refractivity contribution in [2.45, 2.75) is 142 Å². The lowest BCUT2D eigenvalue weighted by Crippen LogP contribution is -2.45. The summed E-state index contributed by atoms with van der Waals surface area (Å²) >= 11 is 0. The summed E-state index contributed by atoms with van der Waals surface area (Å²) in [6.07, 6.45) is 32.1. The van der Waals surface area contributed by atoms with E-state index in [2.05, 4.69) is 43.5 Å². The Morgan fingerprint density at radius 1 is 0.676 bits per heavy atom. The first-order valence-corrected chi connectivity index (χ1v) is 14.2. The molecule has 0 aromatic carbocycles. The number of hydrogen-bond donors (Lipinski definition) is 3. The van der Waals surface area contributed by atoms with Gasteiger partial charge in [0, 0.05) is 6.42 Å². The number of nitrogens with one attached hydrogen (secondary N) is 1. The van der Waals surface area contributed by atoms with Crippen LogP contribution in [0.5, 0.6) is 0 Å². The van der Waals surface area contributed by atoms with Gasteiger partial charge in [-0.2, -0.15) is 0 Å². The minimum atomic E-state index is -0.862. The lowest BCUT2D eigenvalue weighted by Gasteiger charge is -2.19. The Balaban J connectivity index is 3.82. The number of aliphatic hydroxyl groups excluding tert-OH is 2. The van der Waals surface area contributed by atoms with Crippen LogP contribution in [-0.4, -0.2) is 34.9 Å². The predicted molar refractivity (Wildman–Crippen MR) is 147 cm³/mol. The maximum absolute atomic E-state index is 12.1. The van der Waals surface area contributed by atoms with Gasteiger partial charge < -0.3 is 15.5 Å². The normalized spacial score (nSPS) is 13.9. The molecule has 0 aromatic heterocycles. The lowest BCUT2D eigenvalue weighted by atomic mass is 10.1. The van der Waals surface area contributed by atoms with Crippen LogP contribution < -0.4 is 5.32 Å². The largest absolute Gasteiger partial charge is 0.394 e. The van der Waals surface area contributed by atoms with E-state index in [9.17, 15) is 15.0 Å². The fourth-order valence-corrected chi connectivity index (χ4v) is 3.85. The molecule has 0 aliphatic rings. The molecule has 198 valence electrons. The van der Waals surface area contributed by atoms with Gasteiger partial charge in [0.05, 0.1) is 18.8 Å². The molecule has 0 fully saturated rings. The van der Waals surface area contributed by atoms with Crippen molar-refractivity contribution in [3.63, 3.8) is 0 Å². The summed E-state index contributed by atoms with van der Waals surface area (Å²) in [4.78, 5) is 12.1. The van der Waals surface area contributed by atoms with Crippen LogP contribution >= 0.6 is 0 Å². The summed E-state index contributed by atoms with van der Waals surface area (Å²) in [5, 5.41) is 22.6. The fourth-order valence-electron chi connectivity index (χ4n) is 3.85. The van der Waals surface area contributed by atoms with E-state index in [0.717, 1.165) is 38.5 Å². The molecule has 4 heteroatoms. The van der Waals surface area contributed by atoms with E-state index in [4.69, 9.17) is 0 Å². The molecule has 0 heterocycles. The summed E-state index contributed by atoms with van der Waals surface area (Å²) in [7, 11) is 0. The van der Waals surface area contributed by atoms with Crippen molar-refractivity contribution in [1.82, 2.24) is 5.32 Å². The highest BCUT2D eigenvalue weighted by Gasteiger charge is 2.17. The third-order valence-corrected chi connectivity index (χ3v) is 6.10. The minimum Gasteiger partial charge on any atom is -0.394 e. The zero-order valence-electron chi connectivity index (χ0n) is 22.4. The Hall–Kier alpha value is -1.39. The summed E-state index contributed by atoms with van der Waals surface area (Å²) in [5.41, 5.74) is 0. The van der Waals surface area contributed by atoms with Gasteiger partial charge in [-0.15, -0.1) is 0 Å². The van der Waals surface area contributed by atoms with Gasteiger partial charge in [-0.1, -0.05) is 115 Å². The van der Waals surface area contributed by atoms with E-state index in [-0.39, 0.29) is 12.5 Å². The first kappa shape index (κ1) is 32.6. The number of unbranched alkanes of at least 4 members (excludes halogenated alkanes) is 13. The van der Waals surface area contributed by atoms with Crippen LogP contribution in [0.25, 0.3) is 0 Å². The minimum absolute atomic E-state index is 0.0863. The number of amides is 1. The summed E-state index contributed by atoms with van der Waals surface area (Å²) in [5.74, 6) is -0.0863. The van der Waals surface area contributed by atoms with Crippen LogP contribution in [-0.2, 0) is 4.79 Å². The highest BCUT2D eigenvalue weighted by Crippen LogP contribution is 2.11. The van der Waals surface area contributed by atoms with Crippen molar-refractivity contribution in [2.75, 3.05) is 6.61 Å². The summed E-state index contributed by atoms with van der Waals surface area (Å²) in [6, 6.07) is -0.637.